The Morgan fingerprint density at radius 3 is 2.81 bits per heavy atom. The molecule has 0 saturated heterocycles. The molecule has 21 heavy (non-hydrogen) atoms. The van der Waals surface area contributed by atoms with Crippen LogP contribution in [-0.2, 0) is 16.4 Å². The van der Waals surface area contributed by atoms with Gasteiger partial charge in [-0.15, -0.1) is 11.3 Å². The first kappa shape index (κ1) is 15.9. The van der Waals surface area contributed by atoms with Gasteiger partial charge in [-0.25, -0.2) is 22.5 Å². The molecule has 0 aliphatic heterocycles. The van der Waals surface area contributed by atoms with Crippen LogP contribution in [0.3, 0.4) is 0 Å². The molecule has 0 amide bonds. The molecule has 114 valence electrons. The van der Waals surface area contributed by atoms with Crippen molar-refractivity contribution in [2.75, 3.05) is 5.73 Å². The Morgan fingerprint density at radius 2 is 2.19 bits per heavy atom. The lowest BCUT2D eigenvalue weighted by atomic mass is 10.3. The zero-order chi connectivity index (χ0) is 15.6. The Labute approximate surface area is 127 Å². The van der Waals surface area contributed by atoms with E-state index in [1.165, 1.54) is 23.5 Å². The number of rotatable bonds is 5. The summed E-state index contributed by atoms with van der Waals surface area (Å²) in [5.74, 6) is -0.756. The van der Waals surface area contributed by atoms with Gasteiger partial charge in [-0.3, -0.25) is 0 Å². The molecule has 0 saturated carbocycles. The highest BCUT2D eigenvalue weighted by Gasteiger charge is 2.23. The van der Waals surface area contributed by atoms with Crippen molar-refractivity contribution in [1.29, 1.82) is 0 Å². The molecule has 2 aromatic rings. The number of nitrogens with two attached hydrogens (primary N) is 1. The highest BCUT2D eigenvalue weighted by atomic mass is 32.2. The van der Waals surface area contributed by atoms with Crippen molar-refractivity contribution in [3.63, 3.8) is 0 Å². The summed E-state index contributed by atoms with van der Waals surface area (Å²) in [6.07, 6.45) is 2.56. The number of hydrogen-bond donors (Lipinski definition) is 2. The van der Waals surface area contributed by atoms with Gasteiger partial charge >= 0.3 is 0 Å². The molecule has 1 aromatic carbocycles. The zero-order valence-corrected chi connectivity index (χ0v) is 13.3. The first-order valence-corrected chi connectivity index (χ1v) is 8.66. The van der Waals surface area contributed by atoms with Gasteiger partial charge in [0.15, 0.2) is 0 Å². The van der Waals surface area contributed by atoms with E-state index in [4.69, 9.17) is 5.73 Å². The second-order valence-corrected chi connectivity index (χ2v) is 7.34. The third-order valence-corrected chi connectivity index (χ3v) is 5.85. The molecule has 0 spiro atoms. The van der Waals surface area contributed by atoms with Gasteiger partial charge in [-0.1, -0.05) is 13.0 Å². The molecular formula is C13H16FN3O2S2. The van der Waals surface area contributed by atoms with Crippen molar-refractivity contribution in [3.05, 3.63) is 40.1 Å². The van der Waals surface area contributed by atoms with Crippen molar-refractivity contribution < 1.29 is 12.8 Å². The molecule has 1 aromatic heterocycles. The van der Waals surface area contributed by atoms with E-state index >= 15 is 0 Å². The number of hydrogen-bond acceptors (Lipinski definition) is 5. The fourth-order valence-electron chi connectivity index (χ4n) is 1.78. The smallest absolute Gasteiger partial charge is 0.243 e. The van der Waals surface area contributed by atoms with Crippen LogP contribution in [0.25, 0.3) is 0 Å². The van der Waals surface area contributed by atoms with Crippen LogP contribution in [0.4, 0.5) is 10.1 Å². The second kappa shape index (κ2) is 6.08. The van der Waals surface area contributed by atoms with Gasteiger partial charge in [0.2, 0.25) is 10.0 Å². The Bertz CT molecular complexity index is 744. The first-order chi connectivity index (χ1) is 9.85. The molecule has 1 atom stereocenters. The molecule has 0 radical (unpaired) electrons. The number of aryl methyl sites for hydroxylation is 1. The molecular weight excluding hydrogens is 313 g/mol. The van der Waals surface area contributed by atoms with E-state index < -0.39 is 21.9 Å². The Morgan fingerprint density at radius 1 is 1.48 bits per heavy atom. The van der Waals surface area contributed by atoms with E-state index in [0.717, 1.165) is 17.4 Å². The fraction of sp³-hybridized carbons (Fsp3) is 0.308. The Hall–Kier alpha value is -1.51. The van der Waals surface area contributed by atoms with Crippen LogP contribution < -0.4 is 10.5 Å². The normalized spacial score (nSPS) is 13.3. The van der Waals surface area contributed by atoms with Crippen LogP contribution in [0.2, 0.25) is 0 Å². The summed E-state index contributed by atoms with van der Waals surface area (Å²) in [5, 5.41) is 0.658. The Balaban J connectivity index is 2.26. The maximum absolute atomic E-state index is 13.4. The number of aromatic nitrogens is 1. The van der Waals surface area contributed by atoms with Crippen molar-refractivity contribution in [3.8, 4) is 0 Å². The van der Waals surface area contributed by atoms with Crippen LogP contribution in [0, 0.1) is 5.82 Å². The summed E-state index contributed by atoms with van der Waals surface area (Å²) >= 11 is 1.44. The molecule has 1 unspecified atom stereocenters. The molecule has 0 aliphatic rings. The zero-order valence-electron chi connectivity index (χ0n) is 11.6. The van der Waals surface area contributed by atoms with Gasteiger partial charge in [0.05, 0.1) is 11.7 Å². The summed E-state index contributed by atoms with van der Waals surface area (Å²) in [6, 6.07) is 3.19. The van der Waals surface area contributed by atoms with E-state index in [9.17, 15) is 12.8 Å². The molecule has 0 aliphatic carbocycles. The van der Waals surface area contributed by atoms with Gasteiger partial charge in [0.25, 0.3) is 0 Å². The van der Waals surface area contributed by atoms with Crippen LogP contribution in [0.15, 0.2) is 29.3 Å². The average molecular weight is 329 g/mol. The highest BCUT2D eigenvalue weighted by molar-refractivity contribution is 7.89. The first-order valence-electron chi connectivity index (χ1n) is 6.36. The van der Waals surface area contributed by atoms with Gasteiger partial charge in [-0.2, -0.15) is 0 Å². The Kier molecular flexibility index (Phi) is 4.60. The molecule has 0 bridgehead atoms. The van der Waals surface area contributed by atoms with E-state index in [1.54, 1.807) is 13.1 Å². The number of benzene rings is 1. The lowest BCUT2D eigenvalue weighted by molar-refractivity contribution is 0.564. The summed E-state index contributed by atoms with van der Waals surface area (Å²) in [5.41, 5.74) is 5.12. The van der Waals surface area contributed by atoms with E-state index in [1.807, 2.05) is 6.92 Å². The predicted octanol–water partition coefficient (Wildman–Crippen LogP) is 2.47. The maximum atomic E-state index is 13.4. The average Bonchev–Trinajstić information content (AvgIpc) is 2.90. The van der Waals surface area contributed by atoms with Gasteiger partial charge in [0, 0.05) is 11.1 Å². The summed E-state index contributed by atoms with van der Waals surface area (Å²) < 4.78 is 40.4. The van der Waals surface area contributed by atoms with Gasteiger partial charge < -0.3 is 5.73 Å². The van der Waals surface area contributed by atoms with E-state index in [0.29, 0.717) is 5.01 Å². The van der Waals surface area contributed by atoms with Crippen molar-refractivity contribution in [2.24, 2.45) is 0 Å². The molecule has 0 fully saturated rings. The predicted molar refractivity (Wildman–Crippen MR) is 81.0 cm³/mol. The molecule has 8 heteroatoms. The fourth-order valence-corrected chi connectivity index (χ4v) is 4.07. The maximum Gasteiger partial charge on any atom is 0.243 e. The number of halogens is 1. The summed E-state index contributed by atoms with van der Waals surface area (Å²) in [7, 11) is -3.91. The van der Waals surface area contributed by atoms with Crippen LogP contribution in [0.5, 0.6) is 0 Å². The van der Waals surface area contributed by atoms with Gasteiger partial charge in [0.1, 0.15) is 15.7 Å². The minimum Gasteiger partial charge on any atom is -0.395 e. The monoisotopic (exact) mass is 329 g/mol. The lowest BCUT2D eigenvalue weighted by Gasteiger charge is -2.13. The molecule has 2 rings (SSSR count). The summed E-state index contributed by atoms with van der Waals surface area (Å²) in [6.45, 7) is 3.69. The topological polar surface area (TPSA) is 85.1 Å². The standard InChI is InChI=1S/C13H16FN3O2S2/c1-3-9-7-16-13(20-9)8(2)17-21(18,19)11-6-4-5-10(14)12(11)15/h4-8,17H,3,15H2,1-2H3. The lowest BCUT2D eigenvalue weighted by Crippen LogP contribution is -2.27. The van der Waals surface area contributed by atoms with Crippen molar-refractivity contribution in [1.82, 2.24) is 9.71 Å². The number of thiazole rings is 1. The summed E-state index contributed by atoms with van der Waals surface area (Å²) in [4.78, 5) is 5.00. The van der Waals surface area contributed by atoms with Crippen LogP contribution in [-0.4, -0.2) is 13.4 Å². The van der Waals surface area contributed by atoms with E-state index in [2.05, 4.69) is 9.71 Å². The number of sulfonamides is 1. The van der Waals surface area contributed by atoms with Crippen LogP contribution >= 0.6 is 11.3 Å². The van der Waals surface area contributed by atoms with E-state index in [-0.39, 0.29) is 10.6 Å². The van der Waals surface area contributed by atoms with Gasteiger partial charge in [-0.05, 0) is 25.5 Å². The largest absolute Gasteiger partial charge is 0.395 e. The molecule has 1 heterocycles. The highest BCUT2D eigenvalue weighted by Crippen LogP contribution is 2.25. The number of para-hydroxylation sites is 1. The quantitative estimate of drug-likeness (QED) is 0.825. The molecule has 3 N–H and O–H groups in total. The molecule has 5 nitrogen and oxygen atoms in total. The van der Waals surface area contributed by atoms with Crippen LogP contribution in [0.1, 0.15) is 29.8 Å². The number of nitrogen functional groups attached to an aromatic ring is 1. The number of anilines is 1. The second-order valence-electron chi connectivity index (χ2n) is 4.51. The van der Waals surface area contributed by atoms with Crippen molar-refractivity contribution >= 4 is 27.0 Å². The minimum absolute atomic E-state index is 0.262. The SMILES string of the molecule is CCc1cnc(C(C)NS(=O)(=O)c2cccc(F)c2N)s1. The number of nitrogens with zero attached hydrogens (tertiary/aromatic N) is 1. The minimum atomic E-state index is -3.91. The third-order valence-electron chi connectivity index (χ3n) is 2.92. The third kappa shape index (κ3) is 3.39. The van der Waals surface area contributed by atoms with Crippen molar-refractivity contribution in [2.45, 2.75) is 31.2 Å². The number of nitrogens with one attached hydrogen (secondary N) is 1.